The molecule has 25 heavy (non-hydrogen) atoms. The molecule has 2 N–H and O–H groups in total. The number of carbonyl (C=O) groups excluding carboxylic acids is 1. The summed E-state index contributed by atoms with van der Waals surface area (Å²) in [6.07, 6.45) is 1.40. The van der Waals surface area contributed by atoms with Gasteiger partial charge in [0.2, 0.25) is 0 Å². The van der Waals surface area contributed by atoms with Gasteiger partial charge in [0.25, 0.3) is 5.91 Å². The first-order chi connectivity index (χ1) is 12.0. The molecule has 0 bridgehead atoms. The minimum atomic E-state index is -0.253. The van der Waals surface area contributed by atoms with Crippen molar-refractivity contribution in [3.05, 3.63) is 52.0 Å². The van der Waals surface area contributed by atoms with Gasteiger partial charge in [-0.05, 0) is 29.8 Å². The van der Waals surface area contributed by atoms with Crippen LogP contribution in [0.4, 0.5) is 0 Å². The van der Waals surface area contributed by atoms with Crippen molar-refractivity contribution in [2.24, 2.45) is 5.10 Å². The number of carbonyl (C=O) groups is 1. The summed E-state index contributed by atoms with van der Waals surface area (Å²) in [5.74, 6) is -0.234. The maximum absolute atomic E-state index is 11.8. The number of thiazole rings is 1. The van der Waals surface area contributed by atoms with Crippen molar-refractivity contribution in [2.75, 3.05) is 5.75 Å². The van der Waals surface area contributed by atoms with Crippen LogP contribution in [0.5, 0.6) is 5.75 Å². The number of halogens is 2. The van der Waals surface area contributed by atoms with Gasteiger partial charge in [-0.3, -0.25) is 4.79 Å². The van der Waals surface area contributed by atoms with E-state index in [-0.39, 0.29) is 27.5 Å². The molecule has 0 fully saturated rings. The molecule has 0 unspecified atom stereocenters. The van der Waals surface area contributed by atoms with Crippen molar-refractivity contribution < 1.29 is 9.90 Å². The Hall–Kier alpha value is -1.80. The van der Waals surface area contributed by atoms with E-state index in [0.29, 0.717) is 5.56 Å². The Morgan fingerprint density at radius 3 is 2.76 bits per heavy atom. The molecule has 0 aliphatic rings. The molecule has 1 aromatic heterocycles. The average Bonchev–Trinajstić information content (AvgIpc) is 3.01. The standard InChI is InChI=1S/C16H11Cl2N3O2S2/c17-10-5-9(6-11(18)15(10)23)7-19-21-14(22)8-24-16-20-12-3-1-2-4-13(12)25-16/h1-7,23H,8H2,(H,21,22)/b19-7-. The zero-order valence-corrected chi connectivity index (χ0v) is 15.7. The van der Waals surface area contributed by atoms with Crippen LogP contribution in [0.3, 0.4) is 0 Å². The average molecular weight is 412 g/mol. The highest BCUT2D eigenvalue weighted by Gasteiger charge is 2.08. The van der Waals surface area contributed by atoms with E-state index in [0.717, 1.165) is 14.6 Å². The molecule has 0 radical (unpaired) electrons. The monoisotopic (exact) mass is 411 g/mol. The van der Waals surface area contributed by atoms with Gasteiger partial charge in [0.1, 0.15) is 0 Å². The van der Waals surface area contributed by atoms with E-state index < -0.39 is 0 Å². The number of thioether (sulfide) groups is 1. The predicted octanol–water partition coefficient (Wildman–Crippen LogP) is 4.55. The lowest BCUT2D eigenvalue weighted by Crippen LogP contribution is -2.19. The molecular formula is C16H11Cl2N3O2S2. The van der Waals surface area contributed by atoms with Gasteiger partial charge in [-0.1, -0.05) is 47.1 Å². The number of benzene rings is 2. The van der Waals surface area contributed by atoms with Crippen molar-refractivity contribution in [2.45, 2.75) is 4.34 Å². The number of hydrogen-bond donors (Lipinski definition) is 2. The number of hydrogen-bond acceptors (Lipinski definition) is 6. The van der Waals surface area contributed by atoms with E-state index >= 15 is 0 Å². The van der Waals surface area contributed by atoms with Crippen molar-refractivity contribution >= 4 is 68.6 Å². The highest BCUT2D eigenvalue weighted by molar-refractivity contribution is 8.01. The minimum Gasteiger partial charge on any atom is -0.505 e. The van der Waals surface area contributed by atoms with Crippen molar-refractivity contribution in [3.8, 4) is 5.75 Å². The van der Waals surface area contributed by atoms with Crippen LogP contribution in [0.15, 0.2) is 45.8 Å². The Balaban J connectivity index is 1.54. The van der Waals surface area contributed by atoms with Crippen LogP contribution in [0, 0.1) is 0 Å². The molecule has 2 aromatic carbocycles. The number of phenolic OH excluding ortho intramolecular Hbond substituents is 1. The molecule has 0 aliphatic carbocycles. The van der Waals surface area contributed by atoms with E-state index in [2.05, 4.69) is 15.5 Å². The number of para-hydroxylation sites is 1. The van der Waals surface area contributed by atoms with Crippen LogP contribution in [-0.2, 0) is 4.79 Å². The second kappa shape index (κ2) is 8.05. The Labute approximate surface area is 161 Å². The second-order valence-corrected chi connectivity index (χ2v) is 7.93. The zero-order chi connectivity index (χ0) is 17.8. The summed E-state index contributed by atoms with van der Waals surface area (Å²) in [7, 11) is 0. The third kappa shape index (κ3) is 4.64. The van der Waals surface area contributed by atoms with Gasteiger partial charge in [-0.2, -0.15) is 5.10 Å². The first kappa shape index (κ1) is 18.0. The number of fused-ring (bicyclic) bond motifs is 1. The number of rotatable bonds is 5. The summed E-state index contributed by atoms with van der Waals surface area (Å²) in [5, 5.41) is 13.6. The summed E-state index contributed by atoms with van der Waals surface area (Å²) in [5.41, 5.74) is 3.91. The Morgan fingerprint density at radius 2 is 2.04 bits per heavy atom. The molecule has 0 atom stereocenters. The maximum atomic E-state index is 11.8. The number of nitrogens with zero attached hydrogens (tertiary/aromatic N) is 2. The maximum Gasteiger partial charge on any atom is 0.250 e. The molecular weight excluding hydrogens is 401 g/mol. The van der Waals surface area contributed by atoms with Crippen LogP contribution in [0.25, 0.3) is 10.2 Å². The number of hydrazone groups is 1. The molecule has 5 nitrogen and oxygen atoms in total. The smallest absolute Gasteiger partial charge is 0.250 e. The van der Waals surface area contributed by atoms with Crippen molar-refractivity contribution in [3.63, 3.8) is 0 Å². The quantitative estimate of drug-likeness (QED) is 0.366. The van der Waals surface area contributed by atoms with Crippen LogP contribution < -0.4 is 5.43 Å². The summed E-state index contributed by atoms with van der Waals surface area (Å²) in [6.45, 7) is 0. The van der Waals surface area contributed by atoms with Gasteiger partial charge >= 0.3 is 0 Å². The third-order valence-electron chi connectivity index (χ3n) is 3.04. The molecule has 0 saturated carbocycles. The highest BCUT2D eigenvalue weighted by atomic mass is 35.5. The number of phenols is 1. The van der Waals surface area contributed by atoms with E-state index in [9.17, 15) is 9.90 Å². The topological polar surface area (TPSA) is 74.6 Å². The molecule has 3 aromatic rings. The fourth-order valence-corrected chi connectivity index (χ4v) is 4.28. The summed E-state index contributed by atoms with van der Waals surface area (Å²) < 4.78 is 1.92. The fourth-order valence-electron chi connectivity index (χ4n) is 1.91. The van der Waals surface area contributed by atoms with Gasteiger partial charge in [-0.15, -0.1) is 11.3 Å². The normalized spacial score (nSPS) is 11.3. The van der Waals surface area contributed by atoms with E-state index in [4.69, 9.17) is 23.2 Å². The highest BCUT2D eigenvalue weighted by Crippen LogP contribution is 2.32. The van der Waals surface area contributed by atoms with Gasteiger partial charge < -0.3 is 5.11 Å². The Morgan fingerprint density at radius 1 is 1.32 bits per heavy atom. The predicted molar refractivity (Wildman–Crippen MR) is 104 cm³/mol. The van der Waals surface area contributed by atoms with E-state index in [1.165, 1.54) is 30.1 Å². The molecule has 0 spiro atoms. The van der Waals surface area contributed by atoms with Crippen LogP contribution in [0.1, 0.15) is 5.56 Å². The SMILES string of the molecule is O=C(CSc1nc2ccccc2s1)N/N=C\c1cc(Cl)c(O)c(Cl)c1. The fraction of sp³-hybridized carbons (Fsp3) is 0.0625. The lowest BCUT2D eigenvalue weighted by atomic mass is 10.2. The van der Waals surface area contributed by atoms with E-state index in [1.807, 2.05) is 24.3 Å². The molecule has 9 heteroatoms. The van der Waals surface area contributed by atoms with Gasteiger partial charge in [0.05, 0.1) is 32.2 Å². The first-order valence-corrected chi connectivity index (χ1v) is 9.57. The van der Waals surface area contributed by atoms with Crippen LogP contribution in [0.2, 0.25) is 10.0 Å². The minimum absolute atomic E-state index is 0.117. The van der Waals surface area contributed by atoms with Gasteiger partial charge in [0.15, 0.2) is 10.1 Å². The Bertz CT molecular complexity index is 903. The summed E-state index contributed by atoms with van der Waals surface area (Å²) in [6, 6.07) is 10.8. The summed E-state index contributed by atoms with van der Waals surface area (Å²) >= 11 is 14.5. The first-order valence-electron chi connectivity index (χ1n) is 7.01. The molecule has 3 rings (SSSR count). The molecule has 1 heterocycles. The van der Waals surface area contributed by atoms with Crippen molar-refractivity contribution in [1.82, 2.24) is 10.4 Å². The molecule has 1 amide bonds. The molecule has 0 saturated heterocycles. The largest absolute Gasteiger partial charge is 0.505 e. The lowest BCUT2D eigenvalue weighted by molar-refractivity contribution is -0.118. The van der Waals surface area contributed by atoms with Gasteiger partial charge in [-0.25, -0.2) is 10.4 Å². The number of aromatic nitrogens is 1. The number of aromatic hydroxyl groups is 1. The zero-order valence-electron chi connectivity index (χ0n) is 12.6. The van der Waals surface area contributed by atoms with Crippen LogP contribution >= 0.6 is 46.3 Å². The molecule has 128 valence electrons. The molecule has 0 aliphatic heterocycles. The lowest BCUT2D eigenvalue weighted by Gasteiger charge is -2.01. The van der Waals surface area contributed by atoms with Crippen molar-refractivity contribution in [1.29, 1.82) is 0 Å². The number of amides is 1. The van der Waals surface area contributed by atoms with Gasteiger partial charge in [0, 0.05) is 0 Å². The second-order valence-electron chi connectivity index (χ2n) is 4.86. The summed E-state index contributed by atoms with van der Waals surface area (Å²) in [4.78, 5) is 16.3. The van der Waals surface area contributed by atoms with E-state index in [1.54, 1.807) is 11.3 Å². The van der Waals surface area contributed by atoms with Crippen LogP contribution in [-0.4, -0.2) is 28.0 Å². The number of nitrogens with one attached hydrogen (secondary N) is 1. The Kier molecular flexibility index (Phi) is 5.80. The third-order valence-corrected chi connectivity index (χ3v) is 5.80.